The summed E-state index contributed by atoms with van der Waals surface area (Å²) < 4.78 is 17.6. The lowest BCUT2D eigenvalue weighted by atomic mass is 9.95. The summed E-state index contributed by atoms with van der Waals surface area (Å²) in [6.07, 6.45) is 5.56. The van der Waals surface area contributed by atoms with Crippen LogP contribution in [-0.4, -0.2) is 37.2 Å². The molecule has 29 heavy (non-hydrogen) atoms. The van der Waals surface area contributed by atoms with Crippen LogP contribution >= 0.6 is 0 Å². The molecule has 4 aromatic rings. The molecule has 0 atom stereocenters. The summed E-state index contributed by atoms with van der Waals surface area (Å²) in [6, 6.07) is 4.63. The Morgan fingerprint density at radius 1 is 1.14 bits per heavy atom. The van der Waals surface area contributed by atoms with Crippen molar-refractivity contribution in [1.82, 2.24) is 29.5 Å². The number of nitrogens with zero attached hydrogens (tertiary/aromatic N) is 5. The van der Waals surface area contributed by atoms with Gasteiger partial charge in [-0.1, -0.05) is 0 Å². The Labute approximate surface area is 166 Å². The van der Waals surface area contributed by atoms with Gasteiger partial charge in [-0.05, 0) is 45.0 Å². The number of rotatable bonds is 2. The van der Waals surface area contributed by atoms with E-state index in [2.05, 4.69) is 15.4 Å². The van der Waals surface area contributed by atoms with Gasteiger partial charge in [-0.2, -0.15) is 5.10 Å². The number of halogens is 1. The third-order valence-corrected chi connectivity index (χ3v) is 5.56. The van der Waals surface area contributed by atoms with Crippen LogP contribution in [0.15, 0.2) is 35.4 Å². The van der Waals surface area contributed by atoms with Gasteiger partial charge in [0, 0.05) is 42.4 Å². The second-order valence-electron chi connectivity index (χ2n) is 7.65. The van der Waals surface area contributed by atoms with Gasteiger partial charge in [-0.25, -0.2) is 9.37 Å². The van der Waals surface area contributed by atoms with Crippen LogP contribution in [0.5, 0.6) is 0 Å². The fourth-order valence-electron chi connectivity index (χ4n) is 4.10. The number of aryl methyl sites for hydroxylation is 2. The minimum Gasteiger partial charge on any atom is -0.317 e. The van der Waals surface area contributed by atoms with E-state index >= 15 is 0 Å². The van der Waals surface area contributed by atoms with E-state index in [0.717, 1.165) is 31.6 Å². The monoisotopic (exact) mass is 392 g/mol. The van der Waals surface area contributed by atoms with Gasteiger partial charge in [0.25, 0.3) is 5.56 Å². The zero-order valence-corrected chi connectivity index (χ0v) is 16.3. The zero-order chi connectivity index (χ0) is 20.1. The van der Waals surface area contributed by atoms with Crippen molar-refractivity contribution < 1.29 is 4.39 Å². The first-order chi connectivity index (χ1) is 14.0. The van der Waals surface area contributed by atoms with Crippen molar-refractivity contribution in [3.8, 4) is 11.3 Å². The van der Waals surface area contributed by atoms with E-state index in [1.54, 1.807) is 28.4 Å². The highest BCUT2D eigenvalue weighted by atomic mass is 19.1. The second kappa shape index (κ2) is 6.73. The molecule has 1 aromatic carbocycles. The molecule has 0 aliphatic carbocycles. The van der Waals surface area contributed by atoms with Gasteiger partial charge in [0.05, 0.1) is 17.1 Å². The maximum Gasteiger partial charge on any atom is 0.258 e. The highest BCUT2D eigenvalue weighted by Gasteiger charge is 2.19. The van der Waals surface area contributed by atoms with E-state index in [1.165, 1.54) is 12.1 Å². The maximum absolute atomic E-state index is 14.5. The Hall–Kier alpha value is -3.13. The fraction of sp³-hybridized carbons (Fsp3) is 0.333. The molecule has 148 valence electrons. The smallest absolute Gasteiger partial charge is 0.258 e. The molecular formula is C21H21FN6O. The van der Waals surface area contributed by atoms with Crippen molar-refractivity contribution in [3.63, 3.8) is 0 Å². The Morgan fingerprint density at radius 2 is 1.93 bits per heavy atom. The summed E-state index contributed by atoms with van der Waals surface area (Å²) in [5, 5.41) is 8.14. The van der Waals surface area contributed by atoms with Crippen LogP contribution in [0.2, 0.25) is 0 Å². The fourth-order valence-corrected chi connectivity index (χ4v) is 4.10. The van der Waals surface area contributed by atoms with E-state index in [1.807, 2.05) is 13.1 Å². The minimum absolute atomic E-state index is 0.197. The first kappa shape index (κ1) is 17.9. The second-order valence-corrected chi connectivity index (χ2v) is 7.65. The zero-order valence-electron chi connectivity index (χ0n) is 16.3. The summed E-state index contributed by atoms with van der Waals surface area (Å²) in [4.78, 5) is 22.3. The molecule has 4 heterocycles. The van der Waals surface area contributed by atoms with Crippen LogP contribution < -0.4 is 10.9 Å². The lowest BCUT2D eigenvalue weighted by Gasteiger charge is -2.22. The molecule has 1 aliphatic rings. The average Bonchev–Trinajstić information content (AvgIpc) is 3.10. The summed E-state index contributed by atoms with van der Waals surface area (Å²) >= 11 is 0. The summed E-state index contributed by atoms with van der Waals surface area (Å²) in [7, 11) is 1.74. The Bertz CT molecular complexity index is 1300. The average molecular weight is 392 g/mol. The molecule has 0 amide bonds. The van der Waals surface area contributed by atoms with Crippen molar-refractivity contribution in [2.24, 2.45) is 7.05 Å². The molecular weight excluding hydrogens is 371 g/mol. The summed E-state index contributed by atoms with van der Waals surface area (Å²) in [5.41, 5.74) is 3.20. The number of hydrogen-bond donors (Lipinski definition) is 1. The van der Waals surface area contributed by atoms with Crippen LogP contribution in [0.25, 0.3) is 27.8 Å². The Balaban J connectivity index is 1.65. The number of fused-ring (bicyclic) bond motifs is 2. The van der Waals surface area contributed by atoms with Crippen LogP contribution in [0.4, 0.5) is 4.39 Å². The number of aromatic nitrogens is 5. The molecule has 3 aromatic heterocycles. The maximum atomic E-state index is 14.5. The first-order valence-corrected chi connectivity index (χ1v) is 9.74. The predicted molar refractivity (Wildman–Crippen MR) is 109 cm³/mol. The van der Waals surface area contributed by atoms with Crippen molar-refractivity contribution in [3.05, 3.63) is 58.2 Å². The van der Waals surface area contributed by atoms with Gasteiger partial charge in [0.1, 0.15) is 5.52 Å². The van der Waals surface area contributed by atoms with E-state index in [9.17, 15) is 9.18 Å². The van der Waals surface area contributed by atoms with E-state index in [4.69, 9.17) is 4.98 Å². The minimum atomic E-state index is -0.434. The molecule has 1 fully saturated rings. The molecule has 8 heteroatoms. The summed E-state index contributed by atoms with van der Waals surface area (Å²) in [5.74, 6) is -0.0933. The van der Waals surface area contributed by atoms with Crippen LogP contribution in [0, 0.1) is 12.7 Å². The van der Waals surface area contributed by atoms with Crippen molar-refractivity contribution in [2.75, 3.05) is 13.1 Å². The molecule has 5 rings (SSSR count). The van der Waals surface area contributed by atoms with Crippen LogP contribution in [0.3, 0.4) is 0 Å². The third-order valence-electron chi connectivity index (χ3n) is 5.56. The van der Waals surface area contributed by atoms with Gasteiger partial charge >= 0.3 is 0 Å². The highest BCUT2D eigenvalue weighted by Crippen LogP contribution is 2.27. The molecule has 0 unspecified atom stereocenters. The molecule has 0 bridgehead atoms. The highest BCUT2D eigenvalue weighted by molar-refractivity contribution is 5.84. The molecule has 1 saturated heterocycles. The van der Waals surface area contributed by atoms with Crippen LogP contribution in [0.1, 0.15) is 30.1 Å². The normalized spacial score (nSPS) is 15.4. The van der Waals surface area contributed by atoms with E-state index in [0.29, 0.717) is 39.4 Å². The number of hydrogen-bond acceptors (Lipinski definition) is 5. The van der Waals surface area contributed by atoms with Crippen LogP contribution in [-0.2, 0) is 7.05 Å². The van der Waals surface area contributed by atoms with Gasteiger partial charge in [0.2, 0.25) is 0 Å². The van der Waals surface area contributed by atoms with Gasteiger partial charge in [0.15, 0.2) is 11.5 Å². The molecule has 0 spiro atoms. The van der Waals surface area contributed by atoms with Gasteiger partial charge < -0.3 is 5.32 Å². The topological polar surface area (TPSA) is 77.1 Å². The molecule has 0 radical (unpaired) electrons. The quantitative estimate of drug-likeness (QED) is 0.567. The van der Waals surface area contributed by atoms with Gasteiger partial charge in [-0.3, -0.25) is 18.9 Å². The standard InChI is InChI=1S/C21H21FN6O/c1-12-21-25-17(14-7-15-10-27(2)26-20(15)16(22)8-14)9-19(29)28(21)11-18(24-12)13-3-5-23-6-4-13/h7-11,13,23H,3-6H2,1-2H3. The number of piperidine rings is 1. The molecule has 0 saturated carbocycles. The van der Waals surface area contributed by atoms with Crippen molar-refractivity contribution in [2.45, 2.75) is 25.7 Å². The summed E-state index contributed by atoms with van der Waals surface area (Å²) in [6.45, 7) is 3.77. The molecule has 1 N–H and O–H groups in total. The lowest BCUT2D eigenvalue weighted by Crippen LogP contribution is -2.28. The Kier molecular flexibility index (Phi) is 4.16. The number of benzene rings is 1. The largest absolute Gasteiger partial charge is 0.317 e. The first-order valence-electron chi connectivity index (χ1n) is 9.74. The van der Waals surface area contributed by atoms with Crippen molar-refractivity contribution in [1.29, 1.82) is 0 Å². The van der Waals surface area contributed by atoms with E-state index < -0.39 is 5.82 Å². The molecule has 7 nitrogen and oxygen atoms in total. The third kappa shape index (κ3) is 3.09. The van der Waals surface area contributed by atoms with E-state index in [-0.39, 0.29) is 5.56 Å². The predicted octanol–water partition coefficient (Wildman–Crippen LogP) is 2.56. The SMILES string of the molecule is Cc1nc(C2CCNCC2)cn2c(=O)cc(-c3cc(F)c4nn(C)cc4c3)nc12. The molecule has 1 aliphatic heterocycles. The lowest BCUT2D eigenvalue weighted by molar-refractivity contribution is 0.451. The number of nitrogens with one attached hydrogen (secondary N) is 1. The Morgan fingerprint density at radius 3 is 2.72 bits per heavy atom. The van der Waals surface area contributed by atoms with Crippen molar-refractivity contribution >= 4 is 16.6 Å². The van der Waals surface area contributed by atoms with Gasteiger partial charge in [-0.15, -0.1) is 0 Å².